The Kier molecular flexibility index (Phi) is 4.25. The van der Waals surface area contributed by atoms with Crippen LogP contribution in [0.5, 0.6) is 0 Å². The molecule has 20 heavy (non-hydrogen) atoms. The lowest BCUT2D eigenvalue weighted by atomic mass is 9.98. The van der Waals surface area contributed by atoms with Gasteiger partial charge in [0.2, 0.25) is 0 Å². The molecule has 1 fully saturated rings. The lowest BCUT2D eigenvalue weighted by Crippen LogP contribution is -2.28. The molecule has 2 aromatic rings. The van der Waals surface area contributed by atoms with Crippen LogP contribution < -0.4 is 11.3 Å². The third kappa shape index (κ3) is 2.98. The summed E-state index contributed by atoms with van der Waals surface area (Å²) in [6.07, 6.45) is 6.64. The molecule has 1 aliphatic heterocycles. The molecule has 0 radical (unpaired) electrons. The predicted octanol–water partition coefficient (Wildman–Crippen LogP) is 2.70. The number of hydrogen-bond acceptors (Lipinski definition) is 4. The lowest BCUT2D eigenvalue weighted by Gasteiger charge is -2.18. The Bertz CT molecular complexity index is 566. The molecule has 4 nitrogen and oxygen atoms in total. The molecular formula is C16H21N3O. The summed E-state index contributed by atoms with van der Waals surface area (Å²) in [5.41, 5.74) is 5.16. The van der Waals surface area contributed by atoms with E-state index < -0.39 is 0 Å². The highest BCUT2D eigenvalue weighted by Gasteiger charge is 2.18. The fourth-order valence-corrected chi connectivity index (χ4v) is 2.88. The smallest absolute Gasteiger partial charge is 0.0702 e. The maximum Gasteiger partial charge on any atom is 0.0702 e. The second-order valence-corrected chi connectivity index (χ2v) is 5.39. The minimum atomic E-state index is 0.170. The van der Waals surface area contributed by atoms with Gasteiger partial charge in [-0.1, -0.05) is 12.1 Å². The van der Waals surface area contributed by atoms with Crippen LogP contribution in [0.2, 0.25) is 0 Å². The summed E-state index contributed by atoms with van der Waals surface area (Å²) in [5.74, 6) is 5.73. The molecule has 106 valence electrons. The fraction of sp³-hybridized carbons (Fsp3) is 0.438. The molecule has 1 aromatic heterocycles. The van der Waals surface area contributed by atoms with Crippen LogP contribution in [-0.2, 0) is 4.74 Å². The summed E-state index contributed by atoms with van der Waals surface area (Å²) < 4.78 is 5.68. The molecule has 2 atom stereocenters. The quantitative estimate of drug-likeness (QED) is 0.648. The van der Waals surface area contributed by atoms with Crippen molar-refractivity contribution >= 4 is 10.9 Å². The van der Waals surface area contributed by atoms with Crippen molar-refractivity contribution in [3.63, 3.8) is 0 Å². The van der Waals surface area contributed by atoms with E-state index in [2.05, 4.69) is 34.7 Å². The molecule has 0 aliphatic carbocycles. The van der Waals surface area contributed by atoms with Gasteiger partial charge in [0.25, 0.3) is 0 Å². The monoisotopic (exact) mass is 271 g/mol. The second kappa shape index (κ2) is 6.31. The first kappa shape index (κ1) is 13.5. The summed E-state index contributed by atoms with van der Waals surface area (Å²) in [7, 11) is 0. The molecule has 3 N–H and O–H groups in total. The lowest BCUT2D eigenvalue weighted by molar-refractivity contribution is 0.0996. The first-order chi connectivity index (χ1) is 9.86. The molecule has 0 bridgehead atoms. The average Bonchev–Trinajstić information content (AvgIpc) is 3.01. The molecule has 2 heterocycles. The summed E-state index contributed by atoms with van der Waals surface area (Å²) in [4.78, 5) is 4.34. The molecule has 1 saturated heterocycles. The molecule has 1 aliphatic rings. The number of hydrogen-bond donors (Lipinski definition) is 2. The summed E-state index contributed by atoms with van der Waals surface area (Å²) in [5, 5.41) is 1.15. The number of rotatable bonds is 5. The van der Waals surface area contributed by atoms with E-state index in [0.29, 0.717) is 6.10 Å². The average molecular weight is 271 g/mol. The number of ether oxygens (including phenoxy) is 1. The fourth-order valence-electron chi connectivity index (χ4n) is 2.88. The van der Waals surface area contributed by atoms with Crippen LogP contribution >= 0.6 is 0 Å². The van der Waals surface area contributed by atoms with E-state index in [-0.39, 0.29) is 6.04 Å². The van der Waals surface area contributed by atoms with E-state index in [1.54, 1.807) is 0 Å². The van der Waals surface area contributed by atoms with E-state index >= 15 is 0 Å². The van der Waals surface area contributed by atoms with Gasteiger partial charge in [0.1, 0.15) is 0 Å². The molecule has 0 amide bonds. The van der Waals surface area contributed by atoms with Crippen molar-refractivity contribution in [2.45, 2.75) is 37.8 Å². The molecule has 2 unspecified atom stereocenters. The van der Waals surface area contributed by atoms with E-state index in [1.807, 2.05) is 12.3 Å². The maximum absolute atomic E-state index is 5.73. The van der Waals surface area contributed by atoms with Crippen LogP contribution in [0.1, 0.15) is 37.3 Å². The van der Waals surface area contributed by atoms with Gasteiger partial charge in [0.15, 0.2) is 0 Å². The number of benzene rings is 1. The number of pyridine rings is 1. The highest BCUT2D eigenvalue weighted by molar-refractivity contribution is 5.79. The van der Waals surface area contributed by atoms with Crippen molar-refractivity contribution in [1.29, 1.82) is 0 Å². The Hall–Kier alpha value is -1.49. The van der Waals surface area contributed by atoms with Gasteiger partial charge >= 0.3 is 0 Å². The number of fused-ring (bicyclic) bond motifs is 1. The Balaban J connectivity index is 1.72. The molecular weight excluding hydrogens is 250 g/mol. The Morgan fingerprint density at radius 2 is 2.35 bits per heavy atom. The van der Waals surface area contributed by atoms with Crippen molar-refractivity contribution in [3.05, 3.63) is 42.1 Å². The van der Waals surface area contributed by atoms with E-state index in [0.717, 1.165) is 30.4 Å². The highest BCUT2D eigenvalue weighted by atomic mass is 16.5. The third-order valence-corrected chi connectivity index (χ3v) is 4.03. The molecule has 4 heteroatoms. The van der Waals surface area contributed by atoms with E-state index in [4.69, 9.17) is 10.6 Å². The highest BCUT2D eigenvalue weighted by Crippen LogP contribution is 2.25. The SMILES string of the molecule is NNC(CCC1CCCO1)c1ccc2ncccc2c1. The van der Waals surface area contributed by atoms with Crippen molar-refractivity contribution in [3.8, 4) is 0 Å². The van der Waals surface area contributed by atoms with Gasteiger partial charge in [-0.25, -0.2) is 0 Å². The minimum Gasteiger partial charge on any atom is -0.378 e. The number of hydrazine groups is 1. The number of nitrogens with one attached hydrogen (secondary N) is 1. The third-order valence-electron chi connectivity index (χ3n) is 4.03. The largest absolute Gasteiger partial charge is 0.378 e. The van der Waals surface area contributed by atoms with E-state index in [1.165, 1.54) is 18.4 Å². The Morgan fingerprint density at radius 1 is 1.40 bits per heavy atom. The van der Waals surface area contributed by atoms with Crippen LogP contribution in [0.15, 0.2) is 36.5 Å². The summed E-state index contributed by atoms with van der Waals surface area (Å²) >= 11 is 0. The Morgan fingerprint density at radius 3 is 3.15 bits per heavy atom. The predicted molar refractivity (Wildman–Crippen MR) is 80.0 cm³/mol. The summed E-state index contributed by atoms with van der Waals surface area (Å²) in [6.45, 7) is 0.910. The molecule has 1 aromatic carbocycles. The number of nitrogens with zero attached hydrogens (tertiary/aromatic N) is 1. The summed E-state index contributed by atoms with van der Waals surface area (Å²) in [6, 6.07) is 10.5. The Labute approximate surface area is 119 Å². The van der Waals surface area contributed by atoms with Gasteiger partial charge < -0.3 is 4.74 Å². The van der Waals surface area contributed by atoms with Crippen molar-refractivity contribution in [2.75, 3.05) is 6.61 Å². The zero-order valence-electron chi connectivity index (χ0n) is 11.6. The van der Waals surface area contributed by atoms with Crippen molar-refractivity contribution in [1.82, 2.24) is 10.4 Å². The number of aromatic nitrogens is 1. The molecule has 0 saturated carbocycles. The van der Waals surface area contributed by atoms with Gasteiger partial charge in [-0.3, -0.25) is 16.3 Å². The van der Waals surface area contributed by atoms with Crippen LogP contribution in [0.4, 0.5) is 0 Å². The van der Waals surface area contributed by atoms with Gasteiger partial charge in [-0.15, -0.1) is 0 Å². The number of nitrogens with two attached hydrogens (primary N) is 1. The van der Waals surface area contributed by atoms with Crippen LogP contribution in [0.25, 0.3) is 10.9 Å². The molecule has 3 rings (SSSR count). The van der Waals surface area contributed by atoms with Gasteiger partial charge in [-0.2, -0.15) is 0 Å². The first-order valence-electron chi connectivity index (χ1n) is 7.29. The van der Waals surface area contributed by atoms with Crippen LogP contribution in [0.3, 0.4) is 0 Å². The molecule has 0 spiro atoms. The normalized spacial score (nSPS) is 20.4. The maximum atomic E-state index is 5.73. The topological polar surface area (TPSA) is 60.2 Å². The van der Waals surface area contributed by atoms with Crippen molar-refractivity contribution in [2.24, 2.45) is 5.84 Å². The van der Waals surface area contributed by atoms with Crippen molar-refractivity contribution < 1.29 is 4.74 Å². The first-order valence-corrected chi connectivity index (χ1v) is 7.29. The van der Waals surface area contributed by atoms with Crippen LogP contribution in [-0.4, -0.2) is 17.7 Å². The second-order valence-electron chi connectivity index (χ2n) is 5.39. The standard InChI is InChI=1S/C16H21N3O/c17-19-16(8-6-14-4-2-10-20-14)13-5-7-15-12(11-13)3-1-9-18-15/h1,3,5,7,9,11,14,16,19H,2,4,6,8,10,17H2. The van der Waals surface area contributed by atoms with Gasteiger partial charge in [0, 0.05) is 24.2 Å². The van der Waals surface area contributed by atoms with Gasteiger partial charge in [0.05, 0.1) is 11.6 Å². The zero-order valence-corrected chi connectivity index (χ0v) is 11.6. The van der Waals surface area contributed by atoms with Gasteiger partial charge in [-0.05, 0) is 49.4 Å². The van der Waals surface area contributed by atoms with E-state index in [9.17, 15) is 0 Å². The zero-order chi connectivity index (χ0) is 13.8. The minimum absolute atomic E-state index is 0.170. The van der Waals surface area contributed by atoms with Crippen LogP contribution in [0, 0.1) is 0 Å².